The molecule has 0 aromatic carbocycles. The molecular formula is C11H21N3O4S. The Morgan fingerprint density at radius 1 is 1.32 bits per heavy atom. The Balaban J connectivity index is 3.99. The molecule has 8 heteroatoms. The first-order valence-corrected chi connectivity index (χ1v) is 7.24. The highest BCUT2D eigenvalue weighted by Gasteiger charge is 2.19. The van der Waals surface area contributed by atoms with E-state index < -0.39 is 18.0 Å². The number of carbonyl (C=O) groups is 3. The van der Waals surface area contributed by atoms with Crippen molar-refractivity contribution in [2.45, 2.75) is 18.9 Å². The number of nitrogens with one attached hydrogen (secondary N) is 2. The van der Waals surface area contributed by atoms with E-state index in [1.807, 2.05) is 6.26 Å². The molecule has 0 aliphatic rings. The largest absolute Gasteiger partial charge is 0.480 e. The topological polar surface area (TPSA) is 98.7 Å². The van der Waals surface area contributed by atoms with Crippen LogP contribution in [0.2, 0.25) is 0 Å². The van der Waals surface area contributed by atoms with Gasteiger partial charge in [0, 0.05) is 27.1 Å². The van der Waals surface area contributed by atoms with Crippen molar-refractivity contribution in [3.63, 3.8) is 0 Å². The molecule has 0 heterocycles. The number of aliphatic carboxylic acids is 1. The van der Waals surface area contributed by atoms with Crippen molar-refractivity contribution >= 4 is 29.7 Å². The highest BCUT2D eigenvalue weighted by Crippen LogP contribution is 2.00. The number of hydrogen-bond acceptors (Lipinski definition) is 4. The summed E-state index contributed by atoms with van der Waals surface area (Å²) in [5.74, 6) is -0.512. The second-order valence-electron chi connectivity index (χ2n) is 4.11. The average molecular weight is 291 g/mol. The van der Waals surface area contributed by atoms with Crippen LogP contribution in [0.3, 0.4) is 0 Å². The summed E-state index contributed by atoms with van der Waals surface area (Å²) in [5, 5.41) is 13.8. The van der Waals surface area contributed by atoms with E-state index in [9.17, 15) is 14.4 Å². The molecule has 0 aliphatic heterocycles. The van der Waals surface area contributed by atoms with Gasteiger partial charge < -0.3 is 20.6 Å². The Morgan fingerprint density at radius 3 is 2.42 bits per heavy atom. The van der Waals surface area contributed by atoms with Gasteiger partial charge in [0.25, 0.3) is 0 Å². The van der Waals surface area contributed by atoms with Gasteiger partial charge in [0.2, 0.25) is 5.91 Å². The molecule has 0 bridgehead atoms. The number of carbonyl (C=O) groups excluding carboxylic acids is 2. The number of carboxylic acid groups (broad SMARTS) is 1. The summed E-state index contributed by atoms with van der Waals surface area (Å²) in [6, 6.07) is -1.47. The van der Waals surface area contributed by atoms with Gasteiger partial charge in [0.05, 0.1) is 0 Å². The lowest BCUT2D eigenvalue weighted by molar-refractivity contribution is -0.139. The van der Waals surface area contributed by atoms with Gasteiger partial charge in [-0.05, 0) is 18.4 Å². The molecule has 3 amide bonds. The summed E-state index contributed by atoms with van der Waals surface area (Å²) >= 11 is 1.51. The lowest BCUT2D eigenvalue weighted by atomic mass is 10.2. The van der Waals surface area contributed by atoms with E-state index in [1.54, 1.807) is 14.1 Å². The van der Waals surface area contributed by atoms with Crippen LogP contribution in [0.5, 0.6) is 0 Å². The summed E-state index contributed by atoms with van der Waals surface area (Å²) in [5.41, 5.74) is 0. The minimum absolute atomic E-state index is 0.0996. The maximum absolute atomic E-state index is 11.5. The predicted octanol–water partition coefficient (Wildman–Crippen LogP) is -0.0298. The Morgan fingerprint density at radius 2 is 1.95 bits per heavy atom. The summed E-state index contributed by atoms with van der Waals surface area (Å²) in [6.07, 6.45) is 2.41. The minimum Gasteiger partial charge on any atom is -0.480 e. The molecule has 0 spiro atoms. The highest BCUT2D eigenvalue weighted by atomic mass is 32.2. The Kier molecular flexibility index (Phi) is 8.77. The first kappa shape index (κ1) is 17.6. The van der Waals surface area contributed by atoms with Crippen LogP contribution in [-0.4, -0.2) is 66.6 Å². The van der Waals surface area contributed by atoms with Gasteiger partial charge in [0.1, 0.15) is 6.04 Å². The third-order valence-electron chi connectivity index (χ3n) is 2.34. The normalized spacial score (nSPS) is 11.5. The lowest BCUT2D eigenvalue weighted by Gasteiger charge is -2.15. The van der Waals surface area contributed by atoms with E-state index in [0.717, 1.165) is 0 Å². The van der Waals surface area contributed by atoms with Crippen LogP contribution in [0.1, 0.15) is 12.8 Å². The number of rotatable bonds is 8. The maximum Gasteiger partial charge on any atom is 0.326 e. The van der Waals surface area contributed by atoms with Crippen LogP contribution in [0.4, 0.5) is 4.79 Å². The van der Waals surface area contributed by atoms with Gasteiger partial charge in [-0.25, -0.2) is 9.59 Å². The smallest absolute Gasteiger partial charge is 0.326 e. The van der Waals surface area contributed by atoms with E-state index in [2.05, 4.69) is 10.6 Å². The maximum atomic E-state index is 11.5. The van der Waals surface area contributed by atoms with Crippen LogP contribution in [-0.2, 0) is 9.59 Å². The van der Waals surface area contributed by atoms with E-state index in [-0.39, 0.29) is 18.9 Å². The van der Waals surface area contributed by atoms with Crippen molar-refractivity contribution in [1.29, 1.82) is 0 Å². The third-order valence-corrected chi connectivity index (χ3v) is 2.98. The van der Waals surface area contributed by atoms with Crippen LogP contribution in [0.15, 0.2) is 0 Å². The van der Waals surface area contributed by atoms with Crippen molar-refractivity contribution in [3.05, 3.63) is 0 Å². The monoisotopic (exact) mass is 291 g/mol. The summed E-state index contributed by atoms with van der Waals surface area (Å²) in [4.78, 5) is 35.0. The standard InChI is InChI=1S/C11H21N3O4S/c1-14(2)9(15)4-6-12-11(18)13-8(10(16)17)5-7-19-3/h8H,4-7H2,1-3H3,(H,16,17)(H2,12,13,18)/t8-/m0/s1. The quantitative estimate of drug-likeness (QED) is 0.583. The number of urea groups is 1. The zero-order valence-electron chi connectivity index (χ0n) is 11.4. The molecule has 0 aliphatic carbocycles. The molecule has 0 saturated carbocycles. The lowest BCUT2D eigenvalue weighted by Crippen LogP contribution is -2.46. The van der Waals surface area contributed by atoms with Crippen molar-refractivity contribution in [2.75, 3.05) is 32.6 Å². The van der Waals surface area contributed by atoms with Crippen molar-refractivity contribution < 1.29 is 19.5 Å². The molecule has 110 valence electrons. The molecule has 0 unspecified atom stereocenters. The van der Waals surface area contributed by atoms with Gasteiger partial charge in [-0.2, -0.15) is 11.8 Å². The number of amides is 3. The fourth-order valence-corrected chi connectivity index (χ4v) is 1.68. The molecule has 19 heavy (non-hydrogen) atoms. The van der Waals surface area contributed by atoms with Crippen molar-refractivity contribution in [3.8, 4) is 0 Å². The molecular weight excluding hydrogens is 270 g/mol. The minimum atomic E-state index is -1.06. The first-order valence-electron chi connectivity index (χ1n) is 5.84. The summed E-state index contributed by atoms with van der Waals surface area (Å²) in [6.45, 7) is 0.178. The molecule has 0 aromatic heterocycles. The summed E-state index contributed by atoms with van der Waals surface area (Å²) in [7, 11) is 3.26. The molecule has 0 saturated heterocycles. The van der Waals surface area contributed by atoms with Crippen LogP contribution in [0.25, 0.3) is 0 Å². The van der Waals surface area contributed by atoms with E-state index >= 15 is 0 Å². The highest BCUT2D eigenvalue weighted by molar-refractivity contribution is 7.98. The Labute approximate surface area is 117 Å². The van der Waals surface area contributed by atoms with Crippen LogP contribution >= 0.6 is 11.8 Å². The average Bonchev–Trinajstić information content (AvgIpc) is 2.33. The summed E-state index contributed by atoms with van der Waals surface area (Å²) < 4.78 is 0. The molecule has 0 radical (unpaired) electrons. The fraction of sp³-hybridized carbons (Fsp3) is 0.727. The van der Waals surface area contributed by atoms with Gasteiger partial charge in [0.15, 0.2) is 0 Å². The SMILES string of the molecule is CSCC[C@H](NC(=O)NCCC(=O)N(C)C)C(=O)O. The van der Waals surface area contributed by atoms with E-state index in [0.29, 0.717) is 12.2 Å². The number of nitrogens with zero attached hydrogens (tertiary/aromatic N) is 1. The third kappa shape index (κ3) is 8.30. The van der Waals surface area contributed by atoms with Crippen LogP contribution < -0.4 is 10.6 Å². The zero-order valence-corrected chi connectivity index (χ0v) is 12.2. The molecule has 0 fully saturated rings. The Bertz CT molecular complexity index is 323. The molecule has 0 rings (SSSR count). The first-order chi connectivity index (χ1) is 8.88. The second kappa shape index (κ2) is 9.48. The molecule has 1 atom stereocenters. The van der Waals surface area contributed by atoms with Gasteiger partial charge in [-0.3, -0.25) is 4.79 Å². The van der Waals surface area contributed by atoms with Crippen LogP contribution in [0, 0.1) is 0 Å². The predicted molar refractivity (Wildman–Crippen MR) is 74.3 cm³/mol. The molecule has 3 N–H and O–H groups in total. The number of thioether (sulfide) groups is 1. The zero-order chi connectivity index (χ0) is 14.8. The van der Waals surface area contributed by atoms with E-state index in [4.69, 9.17) is 5.11 Å². The van der Waals surface area contributed by atoms with Gasteiger partial charge in [-0.1, -0.05) is 0 Å². The van der Waals surface area contributed by atoms with Crippen molar-refractivity contribution in [2.24, 2.45) is 0 Å². The number of carboxylic acids is 1. The Hall–Kier alpha value is -1.44. The second-order valence-corrected chi connectivity index (χ2v) is 5.10. The fourth-order valence-electron chi connectivity index (χ4n) is 1.21. The van der Waals surface area contributed by atoms with Gasteiger partial charge in [-0.15, -0.1) is 0 Å². The van der Waals surface area contributed by atoms with Gasteiger partial charge >= 0.3 is 12.0 Å². The van der Waals surface area contributed by atoms with Crippen molar-refractivity contribution in [1.82, 2.24) is 15.5 Å². The van der Waals surface area contributed by atoms with E-state index in [1.165, 1.54) is 16.7 Å². The molecule has 0 aromatic rings. The molecule has 7 nitrogen and oxygen atoms in total. The number of hydrogen-bond donors (Lipinski definition) is 3.